The van der Waals surface area contributed by atoms with Crippen molar-refractivity contribution in [2.75, 3.05) is 19.6 Å². The molecule has 1 fully saturated rings. The fourth-order valence-corrected chi connectivity index (χ4v) is 3.21. The Morgan fingerprint density at radius 1 is 1.26 bits per heavy atom. The summed E-state index contributed by atoms with van der Waals surface area (Å²) in [6.07, 6.45) is 6.66. The van der Waals surface area contributed by atoms with Gasteiger partial charge >= 0.3 is 0 Å². The third kappa shape index (κ3) is 3.18. The van der Waals surface area contributed by atoms with Gasteiger partial charge in [0.15, 0.2) is 0 Å². The van der Waals surface area contributed by atoms with E-state index in [1.54, 1.807) is 5.56 Å². The molecular weight excluding hydrogens is 232 g/mol. The summed E-state index contributed by atoms with van der Waals surface area (Å²) in [6, 6.07) is 10.4. The van der Waals surface area contributed by atoms with Crippen LogP contribution in [-0.2, 0) is 6.42 Å². The molecule has 3 rings (SSSR count). The first-order valence-electron chi connectivity index (χ1n) is 7.93. The minimum Gasteiger partial charge on any atom is -0.309 e. The molecule has 1 unspecified atom stereocenters. The standard InChI is InChI=1S/C17H26N2/c1-2-3-12-19(15-8-9-15)13-17-16-7-5-4-6-14(16)10-11-18-17/h4-7,15,17-18H,2-3,8-13H2,1H3. The summed E-state index contributed by atoms with van der Waals surface area (Å²) in [7, 11) is 0. The first kappa shape index (κ1) is 13.1. The van der Waals surface area contributed by atoms with Gasteiger partial charge in [-0.15, -0.1) is 0 Å². The highest BCUT2D eigenvalue weighted by Gasteiger charge is 2.31. The van der Waals surface area contributed by atoms with Crippen LogP contribution < -0.4 is 5.32 Å². The molecule has 104 valence electrons. The van der Waals surface area contributed by atoms with E-state index in [2.05, 4.69) is 41.4 Å². The molecule has 0 amide bonds. The summed E-state index contributed by atoms with van der Waals surface area (Å²) >= 11 is 0. The van der Waals surface area contributed by atoms with Gasteiger partial charge in [0.2, 0.25) is 0 Å². The van der Waals surface area contributed by atoms with Gasteiger partial charge in [-0.25, -0.2) is 0 Å². The van der Waals surface area contributed by atoms with Crippen LogP contribution in [-0.4, -0.2) is 30.6 Å². The lowest BCUT2D eigenvalue weighted by molar-refractivity contribution is 0.226. The van der Waals surface area contributed by atoms with Gasteiger partial charge in [-0.05, 0) is 49.9 Å². The minimum atomic E-state index is 0.544. The van der Waals surface area contributed by atoms with Gasteiger partial charge in [0.1, 0.15) is 0 Å². The predicted octanol–water partition coefficient (Wildman–Crippen LogP) is 3.14. The zero-order valence-electron chi connectivity index (χ0n) is 12.1. The molecule has 2 nitrogen and oxygen atoms in total. The Hall–Kier alpha value is -0.860. The maximum absolute atomic E-state index is 3.72. The number of hydrogen-bond acceptors (Lipinski definition) is 2. The van der Waals surface area contributed by atoms with Crippen LogP contribution in [0.5, 0.6) is 0 Å². The van der Waals surface area contributed by atoms with Gasteiger partial charge in [0, 0.05) is 18.6 Å². The molecule has 2 aliphatic rings. The summed E-state index contributed by atoms with van der Waals surface area (Å²) in [6.45, 7) is 5.90. The molecule has 0 bridgehead atoms. The Labute approximate surface area is 117 Å². The maximum Gasteiger partial charge on any atom is 0.0452 e. The molecule has 19 heavy (non-hydrogen) atoms. The van der Waals surface area contributed by atoms with Crippen molar-refractivity contribution >= 4 is 0 Å². The van der Waals surface area contributed by atoms with Crippen LogP contribution >= 0.6 is 0 Å². The normalized spacial score (nSPS) is 22.5. The number of nitrogens with one attached hydrogen (secondary N) is 1. The molecule has 0 radical (unpaired) electrons. The van der Waals surface area contributed by atoms with E-state index in [9.17, 15) is 0 Å². The summed E-state index contributed by atoms with van der Waals surface area (Å²) < 4.78 is 0. The van der Waals surface area contributed by atoms with Gasteiger partial charge in [-0.2, -0.15) is 0 Å². The van der Waals surface area contributed by atoms with Crippen LogP contribution in [0.4, 0.5) is 0 Å². The van der Waals surface area contributed by atoms with Gasteiger partial charge in [0.25, 0.3) is 0 Å². The topological polar surface area (TPSA) is 15.3 Å². The van der Waals surface area contributed by atoms with Crippen molar-refractivity contribution in [2.45, 2.75) is 51.1 Å². The lowest BCUT2D eigenvalue weighted by Crippen LogP contribution is -2.40. The van der Waals surface area contributed by atoms with Crippen molar-refractivity contribution < 1.29 is 0 Å². The highest BCUT2D eigenvalue weighted by Crippen LogP contribution is 2.30. The highest BCUT2D eigenvalue weighted by molar-refractivity contribution is 5.32. The van der Waals surface area contributed by atoms with Crippen LogP contribution in [0.15, 0.2) is 24.3 Å². The van der Waals surface area contributed by atoms with Gasteiger partial charge in [-0.3, -0.25) is 4.90 Å². The monoisotopic (exact) mass is 258 g/mol. The predicted molar refractivity (Wildman–Crippen MR) is 80.4 cm³/mol. The quantitative estimate of drug-likeness (QED) is 0.843. The summed E-state index contributed by atoms with van der Waals surface area (Å²) in [5.41, 5.74) is 3.09. The van der Waals surface area contributed by atoms with Crippen LogP contribution in [0.1, 0.15) is 49.8 Å². The molecule has 1 aliphatic heterocycles. The van der Waals surface area contributed by atoms with E-state index >= 15 is 0 Å². The molecule has 1 N–H and O–H groups in total. The minimum absolute atomic E-state index is 0.544. The van der Waals surface area contributed by atoms with Crippen LogP contribution in [0.2, 0.25) is 0 Å². The first-order valence-corrected chi connectivity index (χ1v) is 7.93. The molecule has 0 aromatic heterocycles. The zero-order chi connectivity index (χ0) is 13.1. The Kier molecular flexibility index (Phi) is 4.19. The molecule has 1 heterocycles. The van der Waals surface area contributed by atoms with E-state index in [0.717, 1.165) is 12.6 Å². The average molecular weight is 258 g/mol. The largest absolute Gasteiger partial charge is 0.309 e. The Morgan fingerprint density at radius 2 is 2.11 bits per heavy atom. The lowest BCUT2D eigenvalue weighted by atomic mass is 9.94. The molecule has 2 heteroatoms. The van der Waals surface area contributed by atoms with Gasteiger partial charge in [-0.1, -0.05) is 37.6 Å². The van der Waals surface area contributed by atoms with E-state index in [-0.39, 0.29) is 0 Å². The zero-order valence-corrected chi connectivity index (χ0v) is 12.1. The second-order valence-corrected chi connectivity index (χ2v) is 6.04. The second kappa shape index (κ2) is 6.06. The summed E-state index contributed by atoms with van der Waals surface area (Å²) in [5, 5.41) is 3.72. The van der Waals surface area contributed by atoms with Crippen molar-refractivity contribution in [3.63, 3.8) is 0 Å². The lowest BCUT2D eigenvalue weighted by Gasteiger charge is -2.32. The van der Waals surface area contributed by atoms with E-state index in [1.807, 2.05) is 0 Å². The van der Waals surface area contributed by atoms with Crippen LogP contribution in [0, 0.1) is 0 Å². The maximum atomic E-state index is 3.72. The molecule has 0 spiro atoms. The number of rotatable bonds is 6. The Balaban J connectivity index is 1.68. The Bertz CT molecular complexity index is 411. The van der Waals surface area contributed by atoms with Gasteiger partial charge in [0.05, 0.1) is 0 Å². The fraction of sp³-hybridized carbons (Fsp3) is 0.647. The number of benzene rings is 1. The number of fused-ring (bicyclic) bond motifs is 1. The Morgan fingerprint density at radius 3 is 2.89 bits per heavy atom. The molecule has 1 saturated carbocycles. The van der Waals surface area contributed by atoms with E-state index in [4.69, 9.17) is 0 Å². The van der Waals surface area contributed by atoms with Crippen molar-refractivity contribution in [1.29, 1.82) is 0 Å². The molecular formula is C17H26N2. The molecule has 0 saturated heterocycles. The SMILES string of the molecule is CCCCN(CC1NCCc2ccccc21)C1CC1. The van der Waals surface area contributed by atoms with Crippen molar-refractivity contribution in [3.05, 3.63) is 35.4 Å². The number of nitrogens with zero attached hydrogens (tertiary/aromatic N) is 1. The molecule has 1 aliphatic carbocycles. The fourth-order valence-electron chi connectivity index (χ4n) is 3.21. The van der Waals surface area contributed by atoms with Crippen LogP contribution in [0.3, 0.4) is 0 Å². The molecule has 1 aromatic carbocycles. The summed E-state index contributed by atoms with van der Waals surface area (Å²) in [4.78, 5) is 2.73. The second-order valence-electron chi connectivity index (χ2n) is 6.04. The number of unbranched alkanes of at least 4 members (excludes halogenated alkanes) is 1. The van der Waals surface area contributed by atoms with Crippen LogP contribution in [0.25, 0.3) is 0 Å². The first-order chi connectivity index (χ1) is 9.38. The van der Waals surface area contributed by atoms with Gasteiger partial charge < -0.3 is 5.32 Å². The van der Waals surface area contributed by atoms with Crippen molar-refractivity contribution in [1.82, 2.24) is 10.2 Å². The molecule has 1 atom stereocenters. The molecule has 1 aromatic rings. The van der Waals surface area contributed by atoms with E-state index < -0.39 is 0 Å². The smallest absolute Gasteiger partial charge is 0.0452 e. The van der Waals surface area contributed by atoms with E-state index in [0.29, 0.717) is 6.04 Å². The van der Waals surface area contributed by atoms with Crippen molar-refractivity contribution in [3.8, 4) is 0 Å². The van der Waals surface area contributed by atoms with E-state index in [1.165, 1.54) is 50.8 Å². The summed E-state index contributed by atoms with van der Waals surface area (Å²) in [5.74, 6) is 0. The number of hydrogen-bond donors (Lipinski definition) is 1. The third-order valence-corrected chi connectivity index (χ3v) is 4.49. The highest BCUT2D eigenvalue weighted by atomic mass is 15.2. The van der Waals surface area contributed by atoms with Crippen molar-refractivity contribution in [2.24, 2.45) is 0 Å². The third-order valence-electron chi connectivity index (χ3n) is 4.49. The average Bonchev–Trinajstić information content (AvgIpc) is 3.28.